The van der Waals surface area contributed by atoms with Crippen LogP contribution in [0.4, 0.5) is 5.95 Å². The van der Waals surface area contributed by atoms with Crippen LogP contribution in [0.5, 0.6) is 11.6 Å². The highest BCUT2D eigenvalue weighted by Gasteiger charge is 2.32. The van der Waals surface area contributed by atoms with Crippen LogP contribution < -0.4 is 14.2 Å². The van der Waals surface area contributed by atoms with Crippen LogP contribution >= 0.6 is 0 Å². The molecular weight excluding hydrogens is 627 g/mol. The van der Waals surface area contributed by atoms with Crippen molar-refractivity contribution in [1.29, 1.82) is 0 Å². The summed E-state index contributed by atoms with van der Waals surface area (Å²) < 4.78 is 42.1. The summed E-state index contributed by atoms with van der Waals surface area (Å²) in [5.74, 6) is 0.372. The van der Waals surface area contributed by atoms with Gasteiger partial charge in [-0.25, -0.2) is 18.1 Å². The molecule has 1 atom stereocenters. The van der Waals surface area contributed by atoms with Crippen LogP contribution in [-0.2, 0) is 16.6 Å². The van der Waals surface area contributed by atoms with Crippen molar-refractivity contribution in [3.8, 4) is 22.9 Å². The maximum atomic E-state index is 14.4. The van der Waals surface area contributed by atoms with Gasteiger partial charge in [0.25, 0.3) is 15.9 Å². The number of aromatic nitrogens is 3. The molecule has 0 unspecified atom stereocenters. The fraction of sp³-hybridized carbons (Fsp3) is 0.405. The second-order valence-corrected chi connectivity index (χ2v) is 16.5. The third-order valence-corrected chi connectivity index (χ3v) is 9.16. The maximum absolute atomic E-state index is 14.4. The van der Waals surface area contributed by atoms with Crippen molar-refractivity contribution in [2.24, 2.45) is 10.8 Å². The molecule has 0 fully saturated rings. The number of carbonyl (C=O) groups is 1. The lowest BCUT2D eigenvalue weighted by atomic mass is 9.87. The third-order valence-electron chi connectivity index (χ3n) is 7.83. The van der Waals surface area contributed by atoms with E-state index < -0.39 is 16.1 Å². The van der Waals surface area contributed by atoms with Crippen molar-refractivity contribution >= 4 is 21.9 Å². The summed E-state index contributed by atoms with van der Waals surface area (Å²) in [4.78, 5) is 29.7. The lowest BCUT2D eigenvalue weighted by molar-refractivity contribution is 0.0509. The molecule has 48 heavy (non-hydrogen) atoms. The Bertz CT molecular complexity index is 1880. The molecule has 1 aliphatic heterocycles. The number of carbonyl (C=O) groups excluding carboxylic acids is 1. The van der Waals surface area contributed by atoms with E-state index in [4.69, 9.17) is 9.47 Å². The van der Waals surface area contributed by atoms with Gasteiger partial charge in [-0.2, -0.15) is 4.98 Å². The predicted octanol–water partition coefficient (Wildman–Crippen LogP) is 7.22. The van der Waals surface area contributed by atoms with Gasteiger partial charge in [0.2, 0.25) is 11.8 Å². The van der Waals surface area contributed by atoms with E-state index in [1.54, 1.807) is 29.3 Å². The topological polar surface area (TPSA) is 124 Å². The molecule has 4 aromatic rings. The predicted molar refractivity (Wildman–Crippen MR) is 187 cm³/mol. The van der Waals surface area contributed by atoms with Crippen molar-refractivity contribution in [3.63, 3.8) is 0 Å². The Balaban J connectivity index is 1.60. The molecule has 5 rings (SSSR count). The normalized spacial score (nSPS) is 16.5. The Hall–Kier alpha value is -4.51. The number of hydrogen-bond donors (Lipinski definition) is 1. The molecule has 2 aromatic carbocycles. The third kappa shape index (κ3) is 8.69. The standard InChI is InChI=1S/C37H45N5O5S/c1-24-11-9-12-25(2)33(24)31-18-32-40-35(39-31)41-48(44,45)30-14-10-13-26(17-30)34(43)42(28(22-46-32)19-36(3,4)5)21-27-15-16-29(20-38-27)47-23-37(6,7)8/h9-18,20,28H,19,21-23H2,1-8H3,(H,39,40,41)/t28-/m1/s1. The second-order valence-electron chi connectivity index (χ2n) is 14.8. The number of nitrogens with one attached hydrogen (secondary N) is 1. The number of anilines is 1. The van der Waals surface area contributed by atoms with Gasteiger partial charge in [-0.05, 0) is 72.6 Å². The molecule has 0 radical (unpaired) electrons. The molecule has 2 aromatic heterocycles. The highest BCUT2D eigenvalue weighted by molar-refractivity contribution is 7.92. The van der Waals surface area contributed by atoms with Gasteiger partial charge in [-0.3, -0.25) is 9.78 Å². The van der Waals surface area contributed by atoms with Gasteiger partial charge in [0, 0.05) is 17.2 Å². The van der Waals surface area contributed by atoms with Crippen LogP contribution in [0.3, 0.4) is 0 Å². The highest BCUT2D eigenvalue weighted by atomic mass is 32.2. The summed E-state index contributed by atoms with van der Waals surface area (Å²) in [5.41, 5.74) is 4.02. The molecule has 1 amide bonds. The molecule has 3 heterocycles. The largest absolute Gasteiger partial charge is 0.491 e. The molecule has 254 valence electrons. The summed E-state index contributed by atoms with van der Waals surface area (Å²) >= 11 is 0. The number of nitrogens with zero attached hydrogens (tertiary/aromatic N) is 4. The molecule has 1 aliphatic rings. The zero-order valence-corrected chi connectivity index (χ0v) is 29.8. The van der Waals surface area contributed by atoms with Gasteiger partial charge < -0.3 is 14.4 Å². The summed E-state index contributed by atoms with van der Waals surface area (Å²) in [6, 6.07) is 16.9. The highest BCUT2D eigenvalue weighted by Crippen LogP contribution is 2.32. The Morgan fingerprint density at radius 1 is 0.938 bits per heavy atom. The number of sulfonamides is 1. The summed E-state index contributed by atoms with van der Waals surface area (Å²) in [7, 11) is -4.17. The van der Waals surface area contributed by atoms with E-state index in [0.717, 1.165) is 16.7 Å². The van der Waals surface area contributed by atoms with Crippen LogP contribution in [0.1, 0.15) is 75.1 Å². The SMILES string of the molecule is Cc1cccc(C)c1-c1cc2nc(n1)NS(=O)(=O)c1cccc(c1)C(=O)N(Cc1ccc(OCC(C)(C)C)cn1)[C@H](CC(C)(C)C)CO2. The number of hydrogen-bond acceptors (Lipinski definition) is 8. The van der Waals surface area contributed by atoms with E-state index in [1.165, 1.54) is 12.1 Å². The smallest absolute Gasteiger partial charge is 0.264 e. The van der Waals surface area contributed by atoms with E-state index in [2.05, 4.69) is 61.2 Å². The van der Waals surface area contributed by atoms with Gasteiger partial charge in [0.15, 0.2) is 0 Å². The molecule has 0 aliphatic carbocycles. The minimum Gasteiger partial charge on any atom is -0.491 e. The van der Waals surface area contributed by atoms with Crippen molar-refractivity contribution in [1.82, 2.24) is 19.9 Å². The summed E-state index contributed by atoms with van der Waals surface area (Å²) in [6.07, 6.45) is 2.25. The molecule has 0 spiro atoms. The minimum absolute atomic E-state index is 0.00891. The van der Waals surface area contributed by atoms with Crippen molar-refractivity contribution in [2.75, 3.05) is 17.9 Å². The van der Waals surface area contributed by atoms with Crippen molar-refractivity contribution < 1.29 is 22.7 Å². The van der Waals surface area contributed by atoms with E-state index in [0.29, 0.717) is 30.2 Å². The molecular formula is C37H45N5O5S. The van der Waals surface area contributed by atoms with E-state index in [9.17, 15) is 13.2 Å². The monoisotopic (exact) mass is 671 g/mol. The fourth-order valence-electron chi connectivity index (χ4n) is 5.61. The Labute approximate surface area is 284 Å². The van der Waals surface area contributed by atoms with Crippen LogP contribution in [-0.4, -0.2) is 53.4 Å². The molecule has 10 nitrogen and oxygen atoms in total. The lowest BCUT2D eigenvalue weighted by Crippen LogP contribution is -2.45. The maximum Gasteiger partial charge on any atom is 0.264 e. The summed E-state index contributed by atoms with van der Waals surface area (Å²) in [5, 5.41) is 0. The molecule has 4 bridgehead atoms. The van der Waals surface area contributed by atoms with Crippen LogP contribution in [0.25, 0.3) is 11.3 Å². The van der Waals surface area contributed by atoms with E-state index in [1.807, 2.05) is 44.2 Å². The van der Waals surface area contributed by atoms with Crippen molar-refractivity contribution in [3.05, 3.63) is 89.2 Å². The first-order chi connectivity index (χ1) is 22.5. The minimum atomic E-state index is -4.17. The van der Waals surface area contributed by atoms with Gasteiger partial charge in [0.1, 0.15) is 12.4 Å². The van der Waals surface area contributed by atoms with Crippen molar-refractivity contribution in [2.45, 2.75) is 79.3 Å². The number of aryl methyl sites for hydroxylation is 2. The fourth-order valence-corrected chi connectivity index (χ4v) is 6.60. The van der Waals surface area contributed by atoms with Gasteiger partial charge in [0.05, 0.1) is 41.7 Å². The lowest BCUT2D eigenvalue weighted by Gasteiger charge is -2.35. The summed E-state index contributed by atoms with van der Waals surface area (Å²) in [6.45, 7) is 17.4. The second kappa shape index (κ2) is 13.5. The van der Waals surface area contributed by atoms with Crippen LogP contribution in [0, 0.1) is 24.7 Å². The first-order valence-electron chi connectivity index (χ1n) is 16.1. The van der Waals surface area contributed by atoms with Crippen LogP contribution in [0.2, 0.25) is 0 Å². The number of pyridine rings is 1. The Morgan fingerprint density at radius 2 is 1.65 bits per heavy atom. The first-order valence-corrected chi connectivity index (χ1v) is 17.6. The Morgan fingerprint density at radius 3 is 2.29 bits per heavy atom. The number of amides is 1. The quantitative estimate of drug-likeness (QED) is 0.228. The molecule has 1 N–H and O–H groups in total. The van der Waals surface area contributed by atoms with E-state index >= 15 is 0 Å². The number of ether oxygens (including phenoxy) is 2. The zero-order chi connectivity index (χ0) is 34.9. The Kier molecular flexibility index (Phi) is 9.82. The number of benzene rings is 2. The van der Waals surface area contributed by atoms with Gasteiger partial charge >= 0.3 is 0 Å². The van der Waals surface area contributed by atoms with Gasteiger partial charge in [-0.1, -0.05) is 65.8 Å². The average molecular weight is 672 g/mol. The molecule has 0 saturated carbocycles. The molecule has 11 heteroatoms. The number of rotatable bonds is 6. The van der Waals surface area contributed by atoms with E-state index in [-0.39, 0.29) is 52.2 Å². The molecule has 0 saturated heterocycles. The zero-order valence-electron chi connectivity index (χ0n) is 29.0. The average Bonchev–Trinajstić information content (AvgIpc) is 3.00. The van der Waals surface area contributed by atoms with Gasteiger partial charge in [-0.15, -0.1) is 0 Å². The van der Waals surface area contributed by atoms with Crippen LogP contribution in [0.15, 0.2) is 71.8 Å². The number of fused-ring (bicyclic) bond motifs is 4. The first kappa shape index (κ1) is 34.8.